The van der Waals surface area contributed by atoms with E-state index in [0.29, 0.717) is 44.4 Å². The topological polar surface area (TPSA) is 110 Å². The van der Waals surface area contributed by atoms with E-state index in [1.807, 2.05) is 30.5 Å². The van der Waals surface area contributed by atoms with Crippen molar-refractivity contribution >= 4 is 39.1 Å². The highest BCUT2D eigenvalue weighted by Gasteiger charge is 2.22. The summed E-state index contributed by atoms with van der Waals surface area (Å²) in [5.41, 5.74) is 3.70. The van der Waals surface area contributed by atoms with E-state index in [0.717, 1.165) is 16.7 Å². The van der Waals surface area contributed by atoms with Gasteiger partial charge in [-0.3, -0.25) is 4.79 Å². The minimum atomic E-state index is -1.06. The van der Waals surface area contributed by atoms with Gasteiger partial charge in [0.05, 0.1) is 31.1 Å². The summed E-state index contributed by atoms with van der Waals surface area (Å²) in [5.74, 6) is 0.674. The van der Waals surface area contributed by atoms with Crippen LogP contribution in [0, 0.1) is 5.82 Å². The molecule has 5 aromatic rings. The molecule has 3 aromatic carbocycles. The molecule has 0 unspecified atom stereocenters. The highest BCUT2D eigenvalue weighted by Crippen LogP contribution is 2.38. The first kappa shape index (κ1) is 29.0. The van der Waals surface area contributed by atoms with Crippen molar-refractivity contribution in [1.29, 1.82) is 0 Å². The molecule has 0 aliphatic carbocycles. The van der Waals surface area contributed by atoms with Crippen LogP contribution in [0.25, 0.3) is 16.8 Å². The second kappa shape index (κ2) is 11.8. The van der Waals surface area contributed by atoms with Crippen LogP contribution in [0.4, 0.5) is 16.0 Å². The fraction of sp³-hybridized carbons (Fsp3) is 0.194. The lowest BCUT2D eigenvalue weighted by Gasteiger charge is -2.21. The monoisotopic (exact) mass is 633 g/mol. The molecule has 1 amide bonds. The molecular weight excluding hydrogens is 605 g/mol. The van der Waals surface area contributed by atoms with Gasteiger partial charge in [-0.05, 0) is 73.5 Å². The molecule has 0 atom stereocenters. The Morgan fingerprint density at radius 2 is 1.71 bits per heavy atom. The lowest BCUT2D eigenvalue weighted by molar-refractivity contribution is 0.0775. The van der Waals surface area contributed by atoms with Gasteiger partial charge in [0.25, 0.3) is 5.91 Å². The molecule has 3 N–H and O–H groups in total. The number of hydrogen-bond donors (Lipinski definition) is 3. The number of amides is 1. The number of pyridine rings is 1. The van der Waals surface area contributed by atoms with Crippen LogP contribution in [0.3, 0.4) is 0 Å². The van der Waals surface area contributed by atoms with Crippen LogP contribution in [-0.4, -0.2) is 39.8 Å². The maximum atomic E-state index is 13.2. The van der Waals surface area contributed by atoms with E-state index in [-0.39, 0.29) is 18.3 Å². The van der Waals surface area contributed by atoms with E-state index in [1.54, 1.807) is 55.8 Å². The Hall–Kier alpha value is -4.48. The van der Waals surface area contributed by atoms with Gasteiger partial charge in [0.15, 0.2) is 5.65 Å². The number of aliphatic hydroxyl groups is 1. The zero-order chi connectivity index (χ0) is 30.0. The number of benzene rings is 3. The summed E-state index contributed by atoms with van der Waals surface area (Å²) in [6, 6.07) is 18.6. The highest BCUT2D eigenvalue weighted by atomic mass is 79.9. The first-order valence-corrected chi connectivity index (χ1v) is 13.8. The zero-order valence-corrected chi connectivity index (χ0v) is 25.0. The van der Waals surface area contributed by atoms with E-state index in [9.17, 15) is 14.3 Å². The standard InChI is InChI=1S/C31H29BrFN5O4/c1-31(2,40)23-14-27(42-4)25(15-24(23)32)35-30-36-28-12-8-20(17-38(28)37-30)19-7-11-22(26(13-19)41-3)29(39)34-16-18-5-9-21(33)10-6-18/h5-15,17,40H,16H2,1-4H3,(H,34,39)(H,35,37). The highest BCUT2D eigenvalue weighted by molar-refractivity contribution is 9.10. The normalized spacial score (nSPS) is 11.4. The average Bonchev–Trinajstić information content (AvgIpc) is 3.37. The average molecular weight is 635 g/mol. The fourth-order valence-electron chi connectivity index (χ4n) is 4.45. The van der Waals surface area contributed by atoms with Crippen molar-refractivity contribution in [3.63, 3.8) is 0 Å². The van der Waals surface area contributed by atoms with Gasteiger partial charge in [-0.15, -0.1) is 5.10 Å². The van der Waals surface area contributed by atoms with E-state index in [4.69, 9.17) is 9.47 Å². The molecule has 9 nitrogen and oxygen atoms in total. The van der Waals surface area contributed by atoms with Crippen molar-refractivity contribution in [1.82, 2.24) is 19.9 Å². The number of ether oxygens (including phenoxy) is 2. The van der Waals surface area contributed by atoms with Gasteiger partial charge in [0.2, 0.25) is 5.95 Å². The number of fused-ring (bicyclic) bond motifs is 1. The predicted molar refractivity (Wildman–Crippen MR) is 162 cm³/mol. The molecule has 2 heterocycles. The number of hydrogen-bond acceptors (Lipinski definition) is 7. The quantitative estimate of drug-likeness (QED) is 0.177. The Kier molecular flexibility index (Phi) is 8.15. The molecule has 216 valence electrons. The number of nitrogens with one attached hydrogen (secondary N) is 2. The molecule has 2 aromatic heterocycles. The minimum absolute atomic E-state index is 0.260. The molecule has 0 radical (unpaired) electrons. The molecule has 0 bridgehead atoms. The number of nitrogens with zero attached hydrogens (tertiary/aromatic N) is 3. The Labute approximate surface area is 250 Å². The SMILES string of the molecule is COc1cc(C(C)(C)O)c(Br)cc1Nc1nc2ccc(-c3ccc(C(=O)NCc4ccc(F)cc4)c(OC)c3)cn2n1. The zero-order valence-electron chi connectivity index (χ0n) is 23.4. The second-order valence-electron chi connectivity index (χ2n) is 10.1. The maximum Gasteiger partial charge on any atom is 0.255 e. The number of halogens is 2. The van der Waals surface area contributed by atoms with E-state index < -0.39 is 5.60 Å². The van der Waals surface area contributed by atoms with Gasteiger partial charge in [-0.1, -0.05) is 34.1 Å². The van der Waals surface area contributed by atoms with Crippen LogP contribution < -0.4 is 20.1 Å². The number of aromatic nitrogens is 3. The Morgan fingerprint density at radius 1 is 1.00 bits per heavy atom. The third-order valence-electron chi connectivity index (χ3n) is 6.67. The molecule has 0 spiro atoms. The van der Waals surface area contributed by atoms with Crippen LogP contribution in [0.2, 0.25) is 0 Å². The van der Waals surface area contributed by atoms with Crippen molar-refractivity contribution in [2.75, 3.05) is 19.5 Å². The van der Waals surface area contributed by atoms with Crippen molar-refractivity contribution in [2.24, 2.45) is 0 Å². The number of anilines is 2. The maximum absolute atomic E-state index is 13.2. The molecular formula is C31H29BrFN5O4. The van der Waals surface area contributed by atoms with Crippen molar-refractivity contribution in [3.05, 3.63) is 99.9 Å². The smallest absolute Gasteiger partial charge is 0.255 e. The van der Waals surface area contributed by atoms with Crippen molar-refractivity contribution in [2.45, 2.75) is 26.0 Å². The predicted octanol–water partition coefficient (Wildman–Crippen LogP) is 6.22. The molecule has 5 rings (SSSR count). The molecule has 0 saturated heterocycles. The second-order valence-corrected chi connectivity index (χ2v) is 11.0. The Morgan fingerprint density at radius 3 is 2.40 bits per heavy atom. The number of methoxy groups -OCH3 is 2. The van der Waals surface area contributed by atoms with Gasteiger partial charge in [-0.25, -0.2) is 8.91 Å². The summed E-state index contributed by atoms with van der Waals surface area (Å²) in [5, 5.41) is 21.1. The summed E-state index contributed by atoms with van der Waals surface area (Å²) in [7, 11) is 3.07. The van der Waals surface area contributed by atoms with Crippen LogP contribution in [-0.2, 0) is 12.1 Å². The molecule has 11 heteroatoms. The fourth-order valence-corrected chi connectivity index (χ4v) is 5.28. The summed E-state index contributed by atoms with van der Waals surface area (Å²) >= 11 is 3.53. The summed E-state index contributed by atoms with van der Waals surface area (Å²) in [4.78, 5) is 17.4. The molecule has 0 aliphatic heterocycles. The first-order chi connectivity index (χ1) is 20.0. The van der Waals surface area contributed by atoms with Gasteiger partial charge in [-0.2, -0.15) is 4.98 Å². The largest absolute Gasteiger partial charge is 0.496 e. The van der Waals surface area contributed by atoms with Crippen LogP contribution in [0.15, 0.2) is 77.4 Å². The molecule has 42 heavy (non-hydrogen) atoms. The third kappa shape index (κ3) is 6.22. The van der Waals surface area contributed by atoms with E-state index in [1.165, 1.54) is 19.2 Å². The summed E-state index contributed by atoms with van der Waals surface area (Å²) in [6.45, 7) is 3.67. The summed E-state index contributed by atoms with van der Waals surface area (Å²) in [6.07, 6.45) is 1.83. The minimum Gasteiger partial charge on any atom is -0.496 e. The Balaban J connectivity index is 1.36. The lowest BCUT2D eigenvalue weighted by Crippen LogP contribution is -2.23. The van der Waals surface area contributed by atoms with Gasteiger partial charge in [0.1, 0.15) is 17.3 Å². The van der Waals surface area contributed by atoms with Gasteiger partial charge >= 0.3 is 0 Å². The van der Waals surface area contributed by atoms with Crippen LogP contribution in [0.1, 0.15) is 35.3 Å². The van der Waals surface area contributed by atoms with Gasteiger partial charge < -0.3 is 25.2 Å². The summed E-state index contributed by atoms with van der Waals surface area (Å²) < 4.78 is 26.6. The Bertz CT molecular complexity index is 1770. The van der Waals surface area contributed by atoms with Gasteiger partial charge in [0, 0.05) is 28.3 Å². The van der Waals surface area contributed by atoms with Crippen molar-refractivity contribution in [3.8, 4) is 22.6 Å². The number of carbonyl (C=O) groups is 1. The molecule has 0 saturated carbocycles. The third-order valence-corrected chi connectivity index (χ3v) is 7.33. The van der Waals surface area contributed by atoms with Crippen LogP contribution >= 0.6 is 15.9 Å². The molecule has 0 fully saturated rings. The van der Waals surface area contributed by atoms with Crippen molar-refractivity contribution < 1.29 is 23.8 Å². The molecule has 0 aliphatic rings. The number of carbonyl (C=O) groups excluding carboxylic acids is 1. The first-order valence-electron chi connectivity index (χ1n) is 13.0. The van der Waals surface area contributed by atoms with E-state index in [2.05, 4.69) is 36.6 Å². The van der Waals surface area contributed by atoms with E-state index >= 15 is 0 Å². The number of rotatable bonds is 9. The van der Waals surface area contributed by atoms with Crippen LogP contribution in [0.5, 0.6) is 11.5 Å². The lowest BCUT2D eigenvalue weighted by atomic mass is 9.98.